The van der Waals surface area contributed by atoms with Crippen molar-refractivity contribution in [3.8, 4) is 0 Å². The number of esters is 1. The van der Waals surface area contributed by atoms with Crippen molar-refractivity contribution in [1.29, 1.82) is 0 Å². The van der Waals surface area contributed by atoms with Crippen LogP contribution in [0.4, 0.5) is 0 Å². The van der Waals surface area contributed by atoms with Gasteiger partial charge < -0.3 is 15.2 Å². The number of hydrogen-bond donors (Lipinski definition) is 1. The van der Waals surface area contributed by atoms with Crippen molar-refractivity contribution >= 4 is 11.8 Å². The predicted octanol–water partition coefficient (Wildman–Crippen LogP) is 2.76. The Kier molecular flexibility index (Phi) is 5.40. The van der Waals surface area contributed by atoms with Gasteiger partial charge in [0, 0.05) is 30.0 Å². The number of aromatic nitrogens is 1. The fourth-order valence-electron chi connectivity index (χ4n) is 4.29. The molecule has 0 bridgehead atoms. The number of carbonyl (C=O) groups is 2. The second-order valence-corrected chi connectivity index (χ2v) is 7.61. The molecule has 30 heavy (non-hydrogen) atoms. The summed E-state index contributed by atoms with van der Waals surface area (Å²) in [5, 5.41) is 0. The van der Waals surface area contributed by atoms with Gasteiger partial charge in [0.1, 0.15) is 18.4 Å². The summed E-state index contributed by atoms with van der Waals surface area (Å²) in [7, 11) is 1.89. The maximum Gasteiger partial charge on any atom is 0.340 e. The summed E-state index contributed by atoms with van der Waals surface area (Å²) in [6.07, 6.45) is 4.70. The van der Waals surface area contributed by atoms with Gasteiger partial charge in [-0.15, -0.1) is 0 Å². The molecule has 1 aromatic heterocycles. The number of Topliss-reactive ketones (excluding diaryl/α,β-unsaturated/α-hetero) is 1. The second-order valence-electron chi connectivity index (χ2n) is 7.61. The van der Waals surface area contributed by atoms with Crippen LogP contribution in [0.3, 0.4) is 0 Å². The van der Waals surface area contributed by atoms with Crippen LogP contribution in [0.15, 0.2) is 77.6 Å². The van der Waals surface area contributed by atoms with E-state index in [0.29, 0.717) is 24.2 Å². The van der Waals surface area contributed by atoms with Crippen molar-refractivity contribution in [2.24, 2.45) is 12.8 Å². The number of aryl methyl sites for hydroxylation is 1. The number of ketones is 1. The molecule has 0 saturated heterocycles. The monoisotopic (exact) mass is 405 g/mol. The molecule has 6 nitrogen and oxygen atoms in total. The van der Waals surface area contributed by atoms with Gasteiger partial charge in [-0.05, 0) is 24.5 Å². The fourth-order valence-corrected chi connectivity index (χ4v) is 4.29. The van der Waals surface area contributed by atoms with Crippen LogP contribution >= 0.6 is 0 Å². The van der Waals surface area contributed by atoms with Crippen LogP contribution < -0.4 is 10.3 Å². The van der Waals surface area contributed by atoms with E-state index in [0.717, 1.165) is 11.1 Å². The molecule has 0 spiro atoms. The topological polar surface area (TPSA) is 82.5 Å². The number of carbonyl (C=O) groups excluding carboxylic acids is 2. The largest absolute Gasteiger partial charge is 0.462 e. The van der Waals surface area contributed by atoms with Gasteiger partial charge in [-0.25, -0.2) is 9.36 Å². The van der Waals surface area contributed by atoms with E-state index in [9.17, 15) is 9.59 Å². The van der Waals surface area contributed by atoms with Crippen molar-refractivity contribution in [3.63, 3.8) is 0 Å². The molecule has 2 aromatic rings. The van der Waals surface area contributed by atoms with E-state index in [4.69, 9.17) is 15.2 Å². The summed E-state index contributed by atoms with van der Waals surface area (Å²) >= 11 is 0. The number of rotatable bonds is 4. The van der Waals surface area contributed by atoms with E-state index in [1.165, 1.54) is 0 Å². The molecule has 2 heterocycles. The Balaban J connectivity index is 1.81. The van der Waals surface area contributed by atoms with Crippen LogP contribution in [-0.4, -0.2) is 18.4 Å². The Morgan fingerprint density at radius 3 is 2.60 bits per heavy atom. The average Bonchev–Trinajstić information content (AvgIpc) is 2.73. The number of nitrogens with zero attached hydrogens (tertiary/aromatic N) is 1. The number of pyridine rings is 1. The first kappa shape index (κ1) is 19.9. The molecule has 1 aromatic carbocycles. The molecule has 1 aliphatic carbocycles. The lowest BCUT2D eigenvalue weighted by Gasteiger charge is -2.34. The minimum absolute atomic E-state index is 0.00483. The lowest BCUT2D eigenvalue weighted by atomic mass is 9.73. The molecule has 4 rings (SSSR count). The van der Waals surface area contributed by atoms with Gasteiger partial charge >= 0.3 is 5.97 Å². The first-order valence-corrected chi connectivity index (χ1v) is 10.1. The SMILES string of the molecule is CCOC(=O)C1=C(N)OC2=C(C(=O)C[C@@H](c3ccccc3)C2)[C@H]1c1ccc[n+](C)c1. The van der Waals surface area contributed by atoms with Crippen LogP contribution in [-0.2, 0) is 26.1 Å². The summed E-state index contributed by atoms with van der Waals surface area (Å²) in [5.74, 6) is -0.634. The van der Waals surface area contributed by atoms with Crippen LogP contribution in [0.1, 0.15) is 42.7 Å². The molecule has 6 heteroatoms. The van der Waals surface area contributed by atoms with E-state index in [1.807, 2.05) is 66.5 Å². The van der Waals surface area contributed by atoms with Crippen LogP contribution in [0.2, 0.25) is 0 Å². The molecule has 154 valence electrons. The summed E-state index contributed by atoms with van der Waals surface area (Å²) in [6.45, 7) is 1.94. The summed E-state index contributed by atoms with van der Waals surface area (Å²) in [4.78, 5) is 26.1. The maximum atomic E-state index is 13.4. The van der Waals surface area contributed by atoms with Crippen molar-refractivity contribution in [3.05, 3.63) is 88.8 Å². The molecule has 0 saturated carbocycles. The normalized spacial score (nSPS) is 21.2. The van der Waals surface area contributed by atoms with E-state index >= 15 is 0 Å². The van der Waals surface area contributed by atoms with Gasteiger partial charge in [0.2, 0.25) is 5.88 Å². The van der Waals surface area contributed by atoms with Crippen LogP contribution in [0, 0.1) is 0 Å². The van der Waals surface area contributed by atoms with Crippen molar-refractivity contribution in [2.45, 2.75) is 31.6 Å². The number of ether oxygens (including phenoxy) is 2. The van der Waals surface area contributed by atoms with Gasteiger partial charge in [0.05, 0.1) is 12.5 Å². The van der Waals surface area contributed by atoms with Gasteiger partial charge in [-0.3, -0.25) is 4.79 Å². The number of benzene rings is 1. The minimum Gasteiger partial charge on any atom is -0.462 e. The first-order chi connectivity index (χ1) is 14.5. The van der Waals surface area contributed by atoms with E-state index < -0.39 is 11.9 Å². The summed E-state index contributed by atoms with van der Waals surface area (Å²) in [6, 6.07) is 13.7. The minimum atomic E-state index is -0.607. The fraction of sp³-hybridized carbons (Fsp3) is 0.292. The van der Waals surface area contributed by atoms with E-state index in [1.54, 1.807) is 6.92 Å². The highest BCUT2D eigenvalue weighted by atomic mass is 16.5. The molecule has 1 aliphatic heterocycles. The smallest absolute Gasteiger partial charge is 0.340 e. The Morgan fingerprint density at radius 1 is 1.17 bits per heavy atom. The molecular weight excluding hydrogens is 380 g/mol. The number of nitrogens with two attached hydrogens (primary N) is 1. The van der Waals surface area contributed by atoms with Crippen LogP contribution in [0.5, 0.6) is 0 Å². The van der Waals surface area contributed by atoms with Gasteiger partial charge in [-0.2, -0.15) is 0 Å². The van der Waals surface area contributed by atoms with Gasteiger partial charge in [0.25, 0.3) is 0 Å². The van der Waals surface area contributed by atoms with E-state index in [2.05, 4.69) is 0 Å². The first-order valence-electron chi connectivity index (χ1n) is 10.1. The lowest BCUT2D eigenvalue weighted by Crippen LogP contribution is -2.35. The molecule has 0 fully saturated rings. The predicted molar refractivity (Wildman–Crippen MR) is 110 cm³/mol. The molecule has 0 radical (unpaired) electrons. The Bertz CT molecular complexity index is 1060. The van der Waals surface area contributed by atoms with Gasteiger partial charge in [0.15, 0.2) is 18.2 Å². The Labute approximate surface area is 175 Å². The zero-order valence-electron chi connectivity index (χ0n) is 17.1. The van der Waals surface area contributed by atoms with Crippen LogP contribution in [0.25, 0.3) is 0 Å². The molecule has 2 atom stereocenters. The summed E-state index contributed by atoms with van der Waals surface area (Å²) in [5.41, 5.74) is 8.80. The maximum absolute atomic E-state index is 13.4. The number of allylic oxidation sites excluding steroid dienone is 2. The third-order valence-corrected chi connectivity index (χ3v) is 5.60. The quantitative estimate of drug-likeness (QED) is 0.625. The lowest BCUT2D eigenvalue weighted by molar-refractivity contribution is -0.671. The molecule has 0 unspecified atom stereocenters. The highest BCUT2D eigenvalue weighted by molar-refractivity contribution is 6.03. The van der Waals surface area contributed by atoms with Crippen molar-refractivity contribution < 1.29 is 23.6 Å². The summed E-state index contributed by atoms with van der Waals surface area (Å²) < 4.78 is 13.0. The average molecular weight is 405 g/mol. The number of hydrogen-bond acceptors (Lipinski definition) is 5. The Morgan fingerprint density at radius 2 is 1.90 bits per heavy atom. The standard InChI is InChI=1S/C24H24N2O4/c1-3-29-24(28)22-20(16-10-7-11-26(2)14-16)21-18(27)12-17(13-19(21)30-23(22)25)15-8-5-4-6-9-15/h4-11,14,17,20H,3,12-13H2,1-2H3,(H-,25,28)/p+1/t17-,20-/m1/s1. The van der Waals surface area contributed by atoms with Gasteiger partial charge in [-0.1, -0.05) is 30.3 Å². The van der Waals surface area contributed by atoms with Crippen molar-refractivity contribution in [2.75, 3.05) is 6.61 Å². The van der Waals surface area contributed by atoms with Crippen molar-refractivity contribution in [1.82, 2.24) is 0 Å². The molecule has 2 aliphatic rings. The molecule has 0 amide bonds. The molecular formula is C24H25N2O4+. The third-order valence-electron chi connectivity index (χ3n) is 5.60. The zero-order chi connectivity index (χ0) is 21.3. The Hall–Kier alpha value is -3.41. The third kappa shape index (κ3) is 3.61. The molecule has 2 N–H and O–H groups in total. The zero-order valence-corrected chi connectivity index (χ0v) is 17.1. The highest BCUT2D eigenvalue weighted by Gasteiger charge is 2.44. The second kappa shape index (κ2) is 8.14. The van der Waals surface area contributed by atoms with E-state index in [-0.39, 0.29) is 29.8 Å². The highest BCUT2D eigenvalue weighted by Crippen LogP contribution is 2.46.